The summed E-state index contributed by atoms with van der Waals surface area (Å²) in [6.07, 6.45) is -0.110. The van der Waals surface area contributed by atoms with Crippen LogP contribution in [0.15, 0.2) is 0 Å². The second-order valence-corrected chi connectivity index (χ2v) is 3.17. The molecule has 0 fully saturated rings. The van der Waals surface area contributed by atoms with Crippen molar-refractivity contribution in [1.82, 2.24) is 0 Å². The fourth-order valence-corrected chi connectivity index (χ4v) is 1.39. The lowest BCUT2D eigenvalue weighted by molar-refractivity contribution is -0.193. The molecule has 1 unspecified atom stereocenters. The van der Waals surface area contributed by atoms with Crippen molar-refractivity contribution in [2.75, 3.05) is 34.5 Å². The normalized spacial score (nSPS) is 14.5. The van der Waals surface area contributed by atoms with E-state index >= 15 is 0 Å². The van der Waals surface area contributed by atoms with Gasteiger partial charge in [-0.15, -0.1) is 0 Å². The number of hydrogen-bond acceptors (Lipinski definition) is 4. The molecule has 13 heavy (non-hydrogen) atoms. The lowest BCUT2D eigenvalue weighted by Gasteiger charge is -2.34. The van der Waals surface area contributed by atoms with Crippen LogP contribution in [0, 0.1) is 5.41 Å². The topological polar surface area (TPSA) is 47.9 Å². The molecule has 0 saturated carbocycles. The van der Waals surface area contributed by atoms with E-state index < -0.39 is 11.7 Å². The third-order valence-electron chi connectivity index (χ3n) is 2.31. The molecule has 0 spiro atoms. The Hall–Kier alpha value is -0.160. The molecular formula is C9H20O4. The van der Waals surface area contributed by atoms with Gasteiger partial charge >= 0.3 is 0 Å². The van der Waals surface area contributed by atoms with Crippen molar-refractivity contribution in [1.29, 1.82) is 0 Å². The van der Waals surface area contributed by atoms with Gasteiger partial charge in [0.15, 0.2) is 6.29 Å². The van der Waals surface area contributed by atoms with Crippen molar-refractivity contribution >= 4 is 0 Å². The number of hydrogen-bond donors (Lipinski definition) is 1. The quantitative estimate of drug-likeness (QED) is 0.601. The molecular weight excluding hydrogens is 172 g/mol. The van der Waals surface area contributed by atoms with Crippen molar-refractivity contribution in [2.45, 2.75) is 19.6 Å². The SMILES string of the molecule is CCC(COC)(COC)C(O)OC. The highest BCUT2D eigenvalue weighted by atomic mass is 16.6. The smallest absolute Gasteiger partial charge is 0.164 e. The van der Waals surface area contributed by atoms with Crippen molar-refractivity contribution in [3.63, 3.8) is 0 Å². The van der Waals surface area contributed by atoms with Gasteiger partial charge in [-0.2, -0.15) is 0 Å². The number of methoxy groups -OCH3 is 3. The van der Waals surface area contributed by atoms with Crippen molar-refractivity contribution in [2.24, 2.45) is 5.41 Å². The Bertz CT molecular complexity index is 121. The fourth-order valence-electron chi connectivity index (χ4n) is 1.39. The number of rotatable bonds is 7. The summed E-state index contributed by atoms with van der Waals surface area (Å²) >= 11 is 0. The lowest BCUT2D eigenvalue weighted by Crippen LogP contribution is -2.43. The van der Waals surface area contributed by atoms with E-state index in [2.05, 4.69) is 0 Å². The molecule has 1 N–H and O–H groups in total. The summed E-state index contributed by atoms with van der Waals surface area (Å²) < 4.78 is 15.0. The minimum atomic E-state index is -0.850. The van der Waals surface area contributed by atoms with E-state index in [4.69, 9.17) is 14.2 Å². The maximum atomic E-state index is 9.65. The first-order chi connectivity index (χ1) is 6.16. The van der Waals surface area contributed by atoms with Gasteiger partial charge in [-0.1, -0.05) is 6.92 Å². The molecule has 0 aliphatic heterocycles. The van der Waals surface area contributed by atoms with E-state index in [0.29, 0.717) is 13.2 Å². The van der Waals surface area contributed by atoms with E-state index in [0.717, 1.165) is 6.42 Å². The van der Waals surface area contributed by atoms with Crippen molar-refractivity contribution in [3.8, 4) is 0 Å². The van der Waals surface area contributed by atoms with Crippen LogP contribution in [0.25, 0.3) is 0 Å². The number of aliphatic hydroxyl groups is 1. The summed E-state index contributed by atoms with van der Waals surface area (Å²) in [5, 5.41) is 9.65. The maximum Gasteiger partial charge on any atom is 0.164 e. The highest BCUT2D eigenvalue weighted by Crippen LogP contribution is 2.27. The molecule has 0 bridgehead atoms. The molecule has 0 aliphatic carbocycles. The van der Waals surface area contributed by atoms with Gasteiger partial charge in [0, 0.05) is 21.3 Å². The summed E-state index contributed by atoms with van der Waals surface area (Å²) in [5.74, 6) is 0. The second kappa shape index (κ2) is 6.32. The Morgan fingerprint density at radius 2 is 1.62 bits per heavy atom. The molecule has 0 aromatic rings. The standard InChI is InChI=1S/C9H20O4/c1-5-9(6-11-2,7-12-3)8(10)13-4/h8,10H,5-7H2,1-4H3. The van der Waals surface area contributed by atoms with Crippen LogP contribution in [0.4, 0.5) is 0 Å². The molecule has 4 nitrogen and oxygen atoms in total. The fraction of sp³-hybridized carbons (Fsp3) is 1.00. The van der Waals surface area contributed by atoms with Crippen molar-refractivity contribution in [3.05, 3.63) is 0 Å². The lowest BCUT2D eigenvalue weighted by atomic mass is 9.86. The van der Waals surface area contributed by atoms with E-state index in [1.165, 1.54) is 7.11 Å². The molecule has 0 amide bonds. The van der Waals surface area contributed by atoms with Crippen LogP contribution in [0.5, 0.6) is 0 Å². The van der Waals surface area contributed by atoms with E-state index in [1.54, 1.807) is 14.2 Å². The molecule has 0 aromatic carbocycles. The van der Waals surface area contributed by atoms with Gasteiger partial charge in [-0.05, 0) is 6.42 Å². The first-order valence-corrected chi connectivity index (χ1v) is 4.35. The van der Waals surface area contributed by atoms with E-state index in [-0.39, 0.29) is 0 Å². The molecule has 1 atom stereocenters. The average Bonchev–Trinajstić information content (AvgIpc) is 2.16. The summed E-state index contributed by atoms with van der Waals surface area (Å²) in [7, 11) is 4.67. The van der Waals surface area contributed by atoms with Gasteiger partial charge in [0.25, 0.3) is 0 Å². The Balaban J connectivity index is 4.42. The van der Waals surface area contributed by atoms with Crippen molar-refractivity contribution < 1.29 is 19.3 Å². The summed E-state index contributed by atoms with van der Waals surface area (Å²) in [6.45, 7) is 2.82. The predicted molar refractivity (Wildman–Crippen MR) is 49.5 cm³/mol. The minimum Gasteiger partial charge on any atom is -0.384 e. The first-order valence-electron chi connectivity index (χ1n) is 4.35. The zero-order chi connectivity index (χ0) is 10.3. The highest BCUT2D eigenvalue weighted by molar-refractivity contribution is 4.80. The summed E-state index contributed by atoms with van der Waals surface area (Å²) in [6, 6.07) is 0. The van der Waals surface area contributed by atoms with E-state index in [1.807, 2.05) is 6.92 Å². The van der Waals surface area contributed by atoms with Crippen LogP contribution in [0.1, 0.15) is 13.3 Å². The van der Waals surface area contributed by atoms with E-state index in [9.17, 15) is 5.11 Å². The molecule has 0 aliphatic rings. The molecule has 0 rings (SSSR count). The Morgan fingerprint density at radius 3 is 1.85 bits per heavy atom. The Kier molecular flexibility index (Phi) is 6.24. The Morgan fingerprint density at radius 1 is 1.15 bits per heavy atom. The molecule has 0 saturated heterocycles. The molecule has 4 heteroatoms. The largest absolute Gasteiger partial charge is 0.384 e. The van der Waals surface area contributed by atoms with Gasteiger partial charge in [-0.25, -0.2) is 0 Å². The van der Waals surface area contributed by atoms with Gasteiger partial charge in [0.1, 0.15) is 0 Å². The van der Waals surface area contributed by atoms with Gasteiger partial charge < -0.3 is 19.3 Å². The zero-order valence-electron chi connectivity index (χ0n) is 8.87. The van der Waals surface area contributed by atoms with Gasteiger partial charge in [0.2, 0.25) is 0 Å². The Labute approximate surface area is 79.8 Å². The molecule has 0 aromatic heterocycles. The van der Waals surface area contributed by atoms with Gasteiger partial charge in [0.05, 0.1) is 18.6 Å². The van der Waals surface area contributed by atoms with Crippen LogP contribution in [-0.2, 0) is 14.2 Å². The van der Waals surface area contributed by atoms with Gasteiger partial charge in [-0.3, -0.25) is 0 Å². The monoisotopic (exact) mass is 192 g/mol. The zero-order valence-corrected chi connectivity index (χ0v) is 8.87. The number of aliphatic hydroxyl groups excluding tert-OH is 1. The average molecular weight is 192 g/mol. The first kappa shape index (κ1) is 12.8. The molecule has 0 heterocycles. The molecule has 80 valence electrons. The highest BCUT2D eigenvalue weighted by Gasteiger charge is 2.37. The van der Waals surface area contributed by atoms with Crippen LogP contribution in [0.2, 0.25) is 0 Å². The van der Waals surface area contributed by atoms with Crippen LogP contribution in [-0.4, -0.2) is 45.9 Å². The van der Waals surface area contributed by atoms with Crippen LogP contribution in [0.3, 0.4) is 0 Å². The summed E-state index contributed by atoms with van der Waals surface area (Å²) in [5.41, 5.74) is -0.460. The third kappa shape index (κ3) is 3.23. The van der Waals surface area contributed by atoms with Crippen LogP contribution < -0.4 is 0 Å². The predicted octanol–water partition coefficient (Wildman–Crippen LogP) is 0.640. The van der Waals surface area contributed by atoms with Crippen LogP contribution >= 0.6 is 0 Å². The third-order valence-corrected chi connectivity index (χ3v) is 2.31. The minimum absolute atomic E-state index is 0.423. The second-order valence-electron chi connectivity index (χ2n) is 3.17. The summed E-state index contributed by atoms with van der Waals surface area (Å²) in [4.78, 5) is 0. The maximum absolute atomic E-state index is 9.65. The molecule has 0 radical (unpaired) electrons. The number of ether oxygens (including phenoxy) is 3.